The van der Waals surface area contributed by atoms with Crippen LogP contribution in [0.1, 0.15) is 17.2 Å². The van der Waals surface area contributed by atoms with Crippen molar-refractivity contribution in [3.63, 3.8) is 0 Å². The van der Waals surface area contributed by atoms with Gasteiger partial charge in [0.25, 0.3) is 5.91 Å². The van der Waals surface area contributed by atoms with E-state index in [0.717, 1.165) is 16.9 Å². The summed E-state index contributed by atoms with van der Waals surface area (Å²) in [5, 5.41) is 3.41. The van der Waals surface area contributed by atoms with Crippen LogP contribution in [0.3, 0.4) is 0 Å². The lowest BCUT2D eigenvalue weighted by molar-refractivity contribution is -0.123. The first kappa shape index (κ1) is 20.1. The molecule has 0 radical (unpaired) electrons. The second-order valence-electron chi connectivity index (χ2n) is 6.28. The zero-order chi connectivity index (χ0) is 19.1. The Balaban J connectivity index is 1.93. The number of hydrogen-bond acceptors (Lipinski definition) is 4. The maximum absolute atomic E-state index is 12.2. The van der Waals surface area contributed by atoms with Gasteiger partial charge in [0.05, 0.1) is 18.2 Å². The molecule has 0 fully saturated rings. The number of rotatable bonds is 8. The number of nitrogens with zero attached hydrogens (tertiary/aromatic N) is 1. The maximum Gasteiger partial charge on any atom is 0.258 e. The second-order valence-corrected chi connectivity index (χ2v) is 6.69. The summed E-state index contributed by atoms with van der Waals surface area (Å²) in [6.07, 6.45) is 0. The average molecular weight is 377 g/mol. The summed E-state index contributed by atoms with van der Waals surface area (Å²) in [5.41, 5.74) is 2.09. The molecule has 6 heteroatoms. The van der Waals surface area contributed by atoms with Gasteiger partial charge in [0.2, 0.25) is 0 Å². The van der Waals surface area contributed by atoms with E-state index in [1.54, 1.807) is 13.2 Å². The number of halogens is 1. The number of hydrogen-bond donors (Lipinski definition) is 1. The summed E-state index contributed by atoms with van der Waals surface area (Å²) in [6.45, 7) is 2.32. The molecule has 0 aromatic heterocycles. The number of methoxy groups -OCH3 is 1. The second kappa shape index (κ2) is 9.46. The van der Waals surface area contributed by atoms with Crippen molar-refractivity contribution in [2.75, 3.05) is 34.4 Å². The number of carbonyl (C=O) groups is 1. The molecule has 0 bridgehead atoms. The van der Waals surface area contributed by atoms with Crippen molar-refractivity contribution in [2.45, 2.75) is 13.0 Å². The van der Waals surface area contributed by atoms with Crippen LogP contribution >= 0.6 is 11.6 Å². The minimum absolute atomic E-state index is 0.0246. The van der Waals surface area contributed by atoms with Crippen LogP contribution in [0.15, 0.2) is 42.5 Å². The predicted octanol–water partition coefficient (Wildman–Crippen LogP) is 3.45. The van der Waals surface area contributed by atoms with E-state index in [1.165, 1.54) is 0 Å². The van der Waals surface area contributed by atoms with Crippen LogP contribution in [0, 0.1) is 6.92 Å². The van der Waals surface area contributed by atoms with Gasteiger partial charge < -0.3 is 19.7 Å². The molecular weight excluding hydrogens is 352 g/mol. The van der Waals surface area contributed by atoms with E-state index >= 15 is 0 Å². The Morgan fingerprint density at radius 3 is 2.69 bits per heavy atom. The molecule has 1 N–H and O–H groups in total. The summed E-state index contributed by atoms with van der Waals surface area (Å²) >= 11 is 6.08. The third kappa shape index (κ3) is 5.64. The molecule has 2 aromatic carbocycles. The van der Waals surface area contributed by atoms with Gasteiger partial charge in [0, 0.05) is 6.54 Å². The average Bonchev–Trinajstić information content (AvgIpc) is 2.62. The van der Waals surface area contributed by atoms with Crippen LogP contribution < -0.4 is 14.8 Å². The third-order valence-electron chi connectivity index (χ3n) is 4.04. The molecule has 0 saturated heterocycles. The van der Waals surface area contributed by atoms with Crippen molar-refractivity contribution < 1.29 is 14.3 Å². The molecule has 2 aromatic rings. The molecule has 0 heterocycles. The van der Waals surface area contributed by atoms with Crippen molar-refractivity contribution in [3.8, 4) is 11.5 Å². The van der Waals surface area contributed by atoms with Crippen molar-refractivity contribution in [3.05, 3.63) is 58.6 Å². The van der Waals surface area contributed by atoms with E-state index < -0.39 is 0 Å². The molecule has 2 rings (SSSR count). The molecule has 0 saturated carbocycles. The van der Waals surface area contributed by atoms with Gasteiger partial charge in [-0.25, -0.2) is 0 Å². The highest BCUT2D eigenvalue weighted by atomic mass is 35.5. The number of aryl methyl sites for hydroxylation is 1. The topological polar surface area (TPSA) is 50.8 Å². The Bertz CT molecular complexity index is 750. The van der Waals surface area contributed by atoms with Gasteiger partial charge in [-0.05, 0) is 56.4 Å². The normalized spacial score (nSPS) is 11.9. The molecule has 1 atom stereocenters. The SMILES string of the molecule is COc1cccc(C(CNC(=O)COc2cc(C)ccc2Cl)N(C)C)c1. The van der Waals surface area contributed by atoms with Gasteiger partial charge in [-0.2, -0.15) is 0 Å². The minimum atomic E-state index is -0.197. The molecular formula is C20H25ClN2O3. The van der Waals surface area contributed by atoms with Gasteiger partial charge in [0.15, 0.2) is 6.61 Å². The first-order valence-electron chi connectivity index (χ1n) is 8.36. The quantitative estimate of drug-likeness (QED) is 0.766. The van der Waals surface area contributed by atoms with Crippen LogP contribution in [0.25, 0.3) is 0 Å². The predicted molar refractivity (Wildman–Crippen MR) is 104 cm³/mol. The molecule has 0 aliphatic carbocycles. The molecule has 0 aliphatic rings. The Hall–Kier alpha value is -2.24. The van der Waals surface area contributed by atoms with E-state index in [-0.39, 0.29) is 18.6 Å². The number of carbonyl (C=O) groups excluding carboxylic acids is 1. The highest BCUT2D eigenvalue weighted by Gasteiger charge is 2.16. The first-order valence-corrected chi connectivity index (χ1v) is 8.74. The fourth-order valence-corrected chi connectivity index (χ4v) is 2.75. The van der Waals surface area contributed by atoms with Gasteiger partial charge >= 0.3 is 0 Å². The Kier molecular flexibility index (Phi) is 7.30. The van der Waals surface area contributed by atoms with E-state index in [2.05, 4.69) is 5.32 Å². The van der Waals surface area contributed by atoms with E-state index in [0.29, 0.717) is 17.3 Å². The summed E-state index contributed by atoms with van der Waals surface area (Å²) in [5.74, 6) is 1.11. The van der Waals surface area contributed by atoms with Crippen molar-refractivity contribution >= 4 is 17.5 Å². The van der Waals surface area contributed by atoms with Crippen LogP contribution in [-0.4, -0.2) is 45.2 Å². The minimum Gasteiger partial charge on any atom is -0.497 e. The van der Waals surface area contributed by atoms with Crippen molar-refractivity contribution in [2.24, 2.45) is 0 Å². The number of ether oxygens (including phenoxy) is 2. The Morgan fingerprint density at radius 1 is 1.23 bits per heavy atom. The van der Waals surface area contributed by atoms with Crippen LogP contribution in [0.2, 0.25) is 5.02 Å². The fourth-order valence-electron chi connectivity index (χ4n) is 2.57. The van der Waals surface area contributed by atoms with Crippen LogP contribution in [-0.2, 0) is 4.79 Å². The number of nitrogens with one attached hydrogen (secondary N) is 1. The zero-order valence-electron chi connectivity index (χ0n) is 15.6. The first-order chi connectivity index (χ1) is 12.4. The van der Waals surface area contributed by atoms with Gasteiger partial charge in [-0.1, -0.05) is 29.8 Å². The molecule has 140 valence electrons. The zero-order valence-corrected chi connectivity index (χ0v) is 16.3. The number of benzene rings is 2. The standard InChI is InChI=1S/C20H25ClN2O3/c1-14-8-9-17(21)19(10-14)26-13-20(24)22-12-18(23(2)3)15-6-5-7-16(11-15)25-4/h5-11,18H,12-13H2,1-4H3,(H,22,24). The number of likely N-dealkylation sites (N-methyl/N-ethyl adjacent to an activating group) is 1. The van der Waals surface area contributed by atoms with Gasteiger partial charge in [0.1, 0.15) is 11.5 Å². The summed E-state index contributed by atoms with van der Waals surface area (Å²) in [4.78, 5) is 14.2. The molecule has 0 spiro atoms. The highest BCUT2D eigenvalue weighted by Crippen LogP contribution is 2.25. The largest absolute Gasteiger partial charge is 0.497 e. The summed E-state index contributed by atoms with van der Waals surface area (Å²) in [7, 11) is 5.58. The van der Waals surface area contributed by atoms with Crippen LogP contribution in [0.5, 0.6) is 11.5 Å². The van der Waals surface area contributed by atoms with Crippen molar-refractivity contribution in [1.29, 1.82) is 0 Å². The summed E-state index contributed by atoms with van der Waals surface area (Å²) in [6, 6.07) is 13.3. The lowest BCUT2D eigenvalue weighted by Crippen LogP contribution is -2.36. The maximum atomic E-state index is 12.2. The molecule has 1 amide bonds. The summed E-state index contributed by atoms with van der Waals surface area (Å²) < 4.78 is 10.8. The molecule has 26 heavy (non-hydrogen) atoms. The lowest BCUT2D eigenvalue weighted by atomic mass is 10.1. The van der Waals surface area contributed by atoms with Crippen LogP contribution in [0.4, 0.5) is 0 Å². The molecule has 5 nitrogen and oxygen atoms in total. The molecule has 0 aliphatic heterocycles. The number of amides is 1. The lowest BCUT2D eigenvalue weighted by Gasteiger charge is -2.25. The molecule has 1 unspecified atom stereocenters. The van der Waals surface area contributed by atoms with E-state index in [1.807, 2.05) is 62.3 Å². The van der Waals surface area contributed by atoms with Gasteiger partial charge in [-0.15, -0.1) is 0 Å². The highest BCUT2D eigenvalue weighted by molar-refractivity contribution is 6.32. The van der Waals surface area contributed by atoms with Crippen molar-refractivity contribution in [1.82, 2.24) is 10.2 Å². The smallest absolute Gasteiger partial charge is 0.258 e. The van der Waals surface area contributed by atoms with E-state index in [4.69, 9.17) is 21.1 Å². The third-order valence-corrected chi connectivity index (χ3v) is 4.35. The van der Waals surface area contributed by atoms with Gasteiger partial charge in [-0.3, -0.25) is 4.79 Å². The fraction of sp³-hybridized carbons (Fsp3) is 0.350. The Labute approximate surface area is 159 Å². The Morgan fingerprint density at radius 2 is 2.00 bits per heavy atom. The monoisotopic (exact) mass is 376 g/mol. The van der Waals surface area contributed by atoms with E-state index in [9.17, 15) is 4.79 Å².